The molecular weight excluding hydrogens is 813 g/mol. The van der Waals surface area contributed by atoms with Gasteiger partial charge in [-0.3, -0.25) is 0 Å². The number of para-hydroxylation sites is 3. The van der Waals surface area contributed by atoms with Crippen molar-refractivity contribution in [2.45, 2.75) is 37.5 Å². The number of nitrogens with zero attached hydrogens (tertiary/aromatic N) is 2. The van der Waals surface area contributed by atoms with Crippen LogP contribution < -0.4 is 4.90 Å². The molecule has 0 saturated heterocycles. The van der Waals surface area contributed by atoms with E-state index in [1.807, 2.05) is 0 Å². The van der Waals surface area contributed by atoms with Crippen LogP contribution in [-0.2, 0) is 5.41 Å². The molecule has 4 bridgehead atoms. The van der Waals surface area contributed by atoms with Gasteiger partial charge >= 0.3 is 0 Å². The normalized spacial score (nSPS) is 21.2. The van der Waals surface area contributed by atoms with Crippen molar-refractivity contribution in [3.8, 4) is 39.1 Å². The molecule has 2 heterocycles. The van der Waals surface area contributed by atoms with Crippen LogP contribution in [0, 0.1) is 23.7 Å². The molecule has 3 heteroatoms. The molecule has 4 saturated carbocycles. The van der Waals surface area contributed by atoms with E-state index in [2.05, 4.69) is 216 Å². The number of fused-ring (bicyclic) bond motifs is 9. The molecule has 3 nitrogen and oxygen atoms in total. The van der Waals surface area contributed by atoms with E-state index in [1.165, 1.54) is 87.3 Å². The summed E-state index contributed by atoms with van der Waals surface area (Å²) in [5, 5.41) is 4.67. The fourth-order valence-corrected chi connectivity index (χ4v) is 14.3. The first-order chi connectivity index (χ1) is 33.2. The van der Waals surface area contributed by atoms with Crippen molar-refractivity contribution in [2.75, 3.05) is 4.90 Å². The number of hydrogen-bond acceptors (Lipinski definition) is 2. The second kappa shape index (κ2) is 14.2. The van der Waals surface area contributed by atoms with Gasteiger partial charge in [-0.25, -0.2) is 0 Å². The summed E-state index contributed by atoms with van der Waals surface area (Å²) in [6.07, 6.45) is 7.07. The summed E-state index contributed by atoms with van der Waals surface area (Å²) >= 11 is 0. The van der Waals surface area contributed by atoms with Gasteiger partial charge in [0.15, 0.2) is 5.58 Å². The molecule has 0 radical (unpaired) electrons. The van der Waals surface area contributed by atoms with Crippen LogP contribution in [0.4, 0.5) is 17.1 Å². The molecule has 1 spiro atoms. The van der Waals surface area contributed by atoms with E-state index in [1.54, 1.807) is 11.1 Å². The van der Waals surface area contributed by atoms with E-state index in [9.17, 15) is 0 Å². The third kappa shape index (κ3) is 5.40. The molecule has 320 valence electrons. The van der Waals surface area contributed by atoms with Crippen LogP contribution in [0.3, 0.4) is 0 Å². The summed E-state index contributed by atoms with van der Waals surface area (Å²) in [4.78, 5) is 2.38. The lowest BCUT2D eigenvalue weighted by Crippen LogP contribution is -2.55. The van der Waals surface area contributed by atoms with Gasteiger partial charge in [-0.2, -0.15) is 0 Å². The summed E-state index contributed by atoms with van der Waals surface area (Å²) in [6.45, 7) is 0. The SMILES string of the molecule is c1ccc(-c2ccc(N(c3ccc4c(c3)c3cc(-c5ccc6c(c5)-c5ccccc5C65C6CC7CC(C6)CC5C7)ccc3n4-c3ccccc3)c3cccc4c3oc3ccccc34)cc2)cc1. The summed E-state index contributed by atoms with van der Waals surface area (Å²) < 4.78 is 9.19. The maximum absolute atomic E-state index is 6.76. The van der Waals surface area contributed by atoms with Crippen molar-refractivity contribution in [3.63, 3.8) is 0 Å². The summed E-state index contributed by atoms with van der Waals surface area (Å²) in [7, 11) is 0. The Labute approximate surface area is 390 Å². The van der Waals surface area contributed by atoms with E-state index < -0.39 is 0 Å². The molecule has 0 atom stereocenters. The smallest absolute Gasteiger partial charge is 0.159 e. The second-order valence-corrected chi connectivity index (χ2v) is 20.1. The number of rotatable bonds is 6. The van der Waals surface area contributed by atoms with Gasteiger partial charge in [-0.05, 0) is 173 Å². The highest BCUT2D eigenvalue weighted by Crippen LogP contribution is 2.69. The Kier molecular flexibility index (Phi) is 7.96. The molecule has 0 unspecified atom stereocenters. The number of aromatic nitrogens is 1. The average molecular weight is 861 g/mol. The second-order valence-electron chi connectivity index (χ2n) is 20.1. The maximum Gasteiger partial charge on any atom is 0.159 e. The third-order valence-electron chi connectivity index (χ3n) is 16.8. The minimum absolute atomic E-state index is 0.168. The molecular formula is C64H48N2O. The van der Waals surface area contributed by atoms with Gasteiger partial charge in [0.05, 0.1) is 16.7 Å². The van der Waals surface area contributed by atoms with Crippen LogP contribution in [0.5, 0.6) is 0 Å². The molecule has 16 rings (SSSR count). The predicted molar refractivity (Wildman–Crippen MR) is 277 cm³/mol. The Morgan fingerprint density at radius 3 is 1.82 bits per heavy atom. The molecule has 0 N–H and O–H groups in total. The van der Waals surface area contributed by atoms with E-state index >= 15 is 0 Å². The first-order valence-corrected chi connectivity index (χ1v) is 24.4. The van der Waals surface area contributed by atoms with Crippen LogP contribution in [0.2, 0.25) is 0 Å². The zero-order valence-electron chi connectivity index (χ0n) is 37.3. The fourth-order valence-electron chi connectivity index (χ4n) is 14.3. The summed E-state index contributed by atoms with van der Waals surface area (Å²) in [5.74, 6) is 3.37. The predicted octanol–water partition coefficient (Wildman–Crippen LogP) is 17.2. The highest BCUT2D eigenvalue weighted by Gasteiger charge is 2.61. The van der Waals surface area contributed by atoms with Crippen molar-refractivity contribution in [1.29, 1.82) is 0 Å². The molecule has 67 heavy (non-hydrogen) atoms. The summed E-state index contributed by atoms with van der Waals surface area (Å²) in [5.41, 5.74) is 19.7. The lowest BCUT2D eigenvalue weighted by molar-refractivity contribution is -0.0399. The Morgan fingerprint density at radius 1 is 0.418 bits per heavy atom. The van der Waals surface area contributed by atoms with E-state index in [-0.39, 0.29) is 5.41 Å². The number of anilines is 3. The zero-order chi connectivity index (χ0) is 43.8. The van der Waals surface area contributed by atoms with Gasteiger partial charge in [0.2, 0.25) is 0 Å². The quantitative estimate of drug-likeness (QED) is 0.166. The molecule has 9 aromatic carbocycles. The molecule has 5 aliphatic rings. The lowest BCUT2D eigenvalue weighted by atomic mass is 9.43. The zero-order valence-corrected chi connectivity index (χ0v) is 37.3. The minimum atomic E-state index is 0.168. The Balaban J connectivity index is 0.922. The van der Waals surface area contributed by atoms with Gasteiger partial charge in [0, 0.05) is 44.0 Å². The standard InChI is InChI=1S/C64H48N2O/c1-3-12-42(13-4-1)43-22-26-49(27-23-43)65(61-20-11-18-53-52-17-8-10-21-62(52)67-63(53)61)50-28-31-60-56(39-50)55-38-45(25-30-59(55)66(60)48-14-5-2-6-15-48)44-24-29-58-54(37-44)51-16-7-9-19-57(51)64(58)46-33-40-32-41(35-46)36-47(64)34-40/h1-31,37-41,46-47H,32-36H2. The van der Waals surface area contributed by atoms with Crippen LogP contribution in [0.25, 0.3) is 82.8 Å². The Hall–Kier alpha value is -7.62. The van der Waals surface area contributed by atoms with Crippen molar-refractivity contribution >= 4 is 60.8 Å². The fraction of sp³-hybridized carbons (Fsp3) is 0.156. The van der Waals surface area contributed by atoms with Gasteiger partial charge in [-0.15, -0.1) is 0 Å². The minimum Gasteiger partial charge on any atom is -0.454 e. The van der Waals surface area contributed by atoms with Crippen LogP contribution in [0.1, 0.15) is 43.2 Å². The molecule has 0 aliphatic heterocycles. The molecule has 4 fully saturated rings. The van der Waals surface area contributed by atoms with Crippen molar-refractivity contribution in [3.05, 3.63) is 217 Å². The summed E-state index contributed by atoms with van der Waals surface area (Å²) in [6, 6.07) is 76.6. The van der Waals surface area contributed by atoms with Gasteiger partial charge in [0.1, 0.15) is 5.58 Å². The van der Waals surface area contributed by atoms with Gasteiger partial charge < -0.3 is 13.9 Å². The van der Waals surface area contributed by atoms with E-state index in [0.717, 1.165) is 68.4 Å². The average Bonchev–Trinajstić information content (AvgIpc) is 4.02. The third-order valence-corrected chi connectivity index (χ3v) is 16.8. The molecule has 11 aromatic rings. The topological polar surface area (TPSA) is 21.3 Å². The van der Waals surface area contributed by atoms with Crippen LogP contribution in [-0.4, -0.2) is 4.57 Å². The number of furan rings is 1. The van der Waals surface area contributed by atoms with Gasteiger partial charge in [-0.1, -0.05) is 133 Å². The maximum atomic E-state index is 6.76. The molecule has 5 aliphatic carbocycles. The van der Waals surface area contributed by atoms with Crippen molar-refractivity contribution < 1.29 is 4.42 Å². The first-order valence-electron chi connectivity index (χ1n) is 24.4. The van der Waals surface area contributed by atoms with Gasteiger partial charge in [0.25, 0.3) is 0 Å². The van der Waals surface area contributed by atoms with E-state index in [4.69, 9.17) is 4.42 Å². The highest BCUT2D eigenvalue weighted by molar-refractivity contribution is 6.13. The Bertz CT molecular complexity index is 3740. The van der Waals surface area contributed by atoms with Crippen molar-refractivity contribution in [1.82, 2.24) is 4.57 Å². The highest BCUT2D eigenvalue weighted by atomic mass is 16.3. The van der Waals surface area contributed by atoms with Crippen LogP contribution >= 0.6 is 0 Å². The Morgan fingerprint density at radius 2 is 1.01 bits per heavy atom. The largest absolute Gasteiger partial charge is 0.454 e. The van der Waals surface area contributed by atoms with Crippen LogP contribution in [0.15, 0.2) is 211 Å². The molecule has 2 aromatic heterocycles. The van der Waals surface area contributed by atoms with Crippen molar-refractivity contribution in [2.24, 2.45) is 23.7 Å². The monoisotopic (exact) mass is 860 g/mol. The first kappa shape index (κ1) is 37.6. The lowest BCUT2D eigenvalue weighted by Gasteiger charge is -2.61. The van der Waals surface area contributed by atoms with E-state index in [0.29, 0.717) is 0 Å². The number of benzene rings is 9. The number of hydrogen-bond donors (Lipinski definition) is 0. The molecule has 0 amide bonds.